The quantitative estimate of drug-likeness (QED) is 0.799. The lowest BCUT2D eigenvalue weighted by atomic mass is 10.1. The number of rotatable bonds is 6. The molecule has 6 nitrogen and oxygen atoms in total. The third kappa shape index (κ3) is 4.42. The number of hydrogen-bond acceptors (Lipinski definition) is 4. The molecule has 0 aromatic heterocycles. The molecule has 9 heteroatoms. The fourth-order valence-electron chi connectivity index (χ4n) is 2.10. The van der Waals surface area contributed by atoms with Crippen molar-refractivity contribution in [3.05, 3.63) is 65.2 Å². The molecule has 2 aromatic rings. The Morgan fingerprint density at radius 3 is 1.92 bits per heavy atom. The minimum Gasteiger partial charge on any atom is -0.355 e. The molecule has 2 N–H and O–H groups in total. The van der Waals surface area contributed by atoms with E-state index in [-0.39, 0.29) is 18.0 Å². The molecule has 0 radical (unpaired) electrons. The first-order valence-electron chi connectivity index (χ1n) is 7.47. The third-order valence-corrected chi connectivity index (χ3v) is 4.97. The van der Waals surface area contributed by atoms with E-state index in [0.717, 1.165) is 17.7 Å². The average Bonchev–Trinajstić information content (AvgIpc) is 2.65. The van der Waals surface area contributed by atoms with Crippen LogP contribution in [0.15, 0.2) is 53.4 Å². The first-order valence-corrected chi connectivity index (χ1v) is 9.01. The molecule has 26 heavy (non-hydrogen) atoms. The van der Waals surface area contributed by atoms with Gasteiger partial charge in [0.25, 0.3) is 11.8 Å². The van der Waals surface area contributed by atoms with Crippen LogP contribution in [0.4, 0.5) is 8.78 Å². The summed E-state index contributed by atoms with van der Waals surface area (Å²) in [5.41, 5.74) is 1.38. The largest absolute Gasteiger partial charge is 0.355 e. The fraction of sp³-hybridized carbons (Fsp3) is 0.176. The van der Waals surface area contributed by atoms with Crippen molar-refractivity contribution >= 4 is 21.7 Å². The van der Waals surface area contributed by atoms with E-state index in [2.05, 4.69) is 10.6 Å². The van der Waals surface area contributed by atoms with E-state index in [9.17, 15) is 26.8 Å². The lowest BCUT2D eigenvalue weighted by Gasteiger charge is -2.08. The van der Waals surface area contributed by atoms with E-state index >= 15 is 0 Å². The van der Waals surface area contributed by atoms with Crippen LogP contribution < -0.4 is 10.6 Å². The van der Waals surface area contributed by atoms with Crippen LogP contribution in [0.1, 0.15) is 26.3 Å². The summed E-state index contributed by atoms with van der Waals surface area (Å²) in [7, 11) is -3.16. The summed E-state index contributed by atoms with van der Waals surface area (Å²) in [6, 6.07) is 10.9. The van der Waals surface area contributed by atoms with E-state index in [0.29, 0.717) is 5.56 Å². The Morgan fingerprint density at radius 2 is 1.42 bits per heavy atom. The van der Waals surface area contributed by atoms with Crippen molar-refractivity contribution in [3.8, 4) is 0 Å². The predicted molar refractivity (Wildman–Crippen MR) is 90.6 cm³/mol. The molecule has 0 atom stereocenters. The topological polar surface area (TPSA) is 92.3 Å². The smallest absolute Gasteiger partial charge is 0.341 e. The molecule has 138 valence electrons. The molecule has 0 aliphatic rings. The van der Waals surface area contributed by atoms with Gasteiger partial charge in [-0.05, 0) is 42.0 Å². The molecule has 0 aliphatic heterocycles. The lowest BCUT2D eigenvalue weighted by Crippen LogP contribution is -2.23. The Kier molecular flexibility index (Phi) is 6.04. The number of alkyl halides is 2. The molecule has 2 aromatic carbocycles. The fourth-order valence-corrected chi connectivity index (χ4v) is 2.82. The highest BCUT2D eigenvalue weighted by atomic mass is 32.2. The van der Waals surface area contributed by atoms with Gasteiger partial charge in [0.1, 0.15) is 0 Å². The van der Waals surface area contributed by atoms with Crippen molar-refractivity contribution in [2.75, 3.05) is 7.05 Å². The summed E-state index contributed by atoms with van der Waals surface area (Å²) in [6.07, 6.45) is 0. The number of halogens is 2. The number of nitrogens with one attached hydrogen (secondary N) is 2. The van der Waals surface area contributed by atoms with Gasteiger partial charge in [0, 0.05) is 24.7 Å². The van der Waals surface area contributed by atoms with Crippen molar-refractivity contribution in [2.45, 2.75) is 17.2 Å². The Morgan fingerprint density at radius 1 is 0.923 bits per heavy atom. The Labute approximate surface area is 149 Å². The zero-order chi connectivity index (χ0) is 19.3. The molecule has 0 saturated heterocycles. The second-order valence-electron chi connectivity index (χ2n) is 5.29. The van der Waals surface area contributed by atoms with Crippen LogP contribution in [0.25, 0.3) is 0 Å². The van der Waals surface area contributed by atoms with Crippen LogP contribution in [-0.4, -0.2) is 33.0 Å². The van der Waals surface area contributed by atoms with E-state index in [1.165, 1.54) is 19.2 Å². The van der Waals surface area contributed by atoms with Gasteiger partial charge in [-0.1, -0.05) is 12.1 Å². The van der Waals surface area contributed by atoms with Gasteiger partial charge < -0.3 is 10.6 Å². The van der Waals surface area contributed by atoms with Crippen LogP contribution in [0.2, 0.25) is 0 Å². The molecule has 2 amide bonds. The molecule has 2 rings (SSSR count). The van der Waals surface area contributed by atoms with Gasteiger partial charge in [-0.2, -0.15) is 8.78 Å². The summed E-state index contributed by atoms with van der Waals surface area (Å²) in [5.74, 6) is -4.22. The van der Waals surface area contributed by atoms with E-state index in [4.69, 9.17) is 0 Å². The Balaban J connectivity index is 2.01. The van der Waals surface area contributed by atoms with Gasteiger partial charge in [0.2, 0.25) is 9.84 Å². The van der Waals surface area contributed by atoms with Gasteiger partial charge in [-0.25, -0.2) is 8.42 Å². The zero-order valence-electron chi connectivity index (χ0n) is 13.7. The van der Waals surface area contributed by atoms with Crippen molar-refractivity contribution < 1.29 is 26.8 Å². The van der Waals surface area contributed by atoms with Crippen LogP contribution in [0, 0.1) is 0 Å². The molecule has 0 bridgehead atoms. The molecular weight excluding hydrogens is 366 g/mol. The highest BCUT2D eigenvalue weighted by Gasteiger charge is 2.26. The van der Waals surface area contributed by atoms with E-state index < -0.39 is 26.4 Å². The minimum absolute atomic E-state index is 0.139. The van der Waals surface area contributed by atoms with Crippen molar-refractivity contribution in [3.63, 3.8) is 0 Å². The molecule has 0 aliphatic carbocycles. The molecule has 0 heterocycles. The number of carbonyl (C=O) groups is 2. The second-order valence-corrected chi connectivity index (χ2v) is 7.21. The summed E-state index contributed by atoms with van der Waals surface area (Å²) < 4.78 is 47.6. The summed E-state index contributed by atoms with van der Waals surface area (Å²) in [5, 5.41) is 5.12. The zero-order valence-corrected chi connectivity index (χ0v) is 14.5. The molecular formula is C17H16F2N2O4S. The first kappa shape index (κ1) is 19.5. The van der Waals surface area contributed by atoms with Gasteiger partial charge in [0.05, 0.1) is 4.90 Å². The van der Waals surface area contributed by atoms with Gasteiger partial charge >= 0.3 is 5.76 Å². The second kappa shape index (κ2) is 8.05. The SMILES string of the molecule is CNC(=O)c1ccc(CNC(=O)c2ccc(S(=O)(=O)C(F)F)cc2)cc1. The Hall–Kier alpha value is -2.81. The average molecular weight is 382 g/mol. The normalized spacial score (nSPS) is 11.2. The number of amides is 2. The first-order chi connectivity index (χ1) is 12.3. The maximum absolute atomic E-state index is 12.5. The number of hydrogen-bond donors (Lipinski definition) is 2. The summed E-state index contributed by atoms with van der Waals surface area (Å²) >= 11 is 0. The lowest BCUT2D eigenvalue weighted by molar-refractivity contribution is 0.0946. The number of sulfone groups is 1. The van der Waals surface area contributed by atoms with Crippen molar-refractivity contribution in [2.24, 2.45) is 0 Å². The van der Waals surface area contributed by atoms with Crippen LogP contribution in [-0.2, 0) is 16.4 Å². The number of carbonyl (C=O) groups excluding carboxylic acids is 2. The maximum atomic E-state index is 12.5. The third-order valence-electron chi connectivity index (χ3n) is 3.58. The maximum Gasteiger partial charge on any atom is 0.341 e. The molecule has 0 fully saturated rings. The molecule has 0 saturated carbocycles. The molecule has 0 unspecified atom stereocenters. The molecule has 0 spiro atoms. The summed E-state index contributed by atoms with van der Waals surface area (Å²) in [6.45, 7) is 0.184. The summed E-state index contributed by atoms with van der Waals surface area (Å²) in [4.78, 5) is 23.0. The van der Waals surface area contributed by atoms with E-state index in [1.807, 2.05) is 0 Å². The van der Waals surface area contributed by atoms with E-state index in [1.54, 1.807) is 24.3 Å². The van der Waals surface area contributed by atoms with Gasteiger partial charge in [0.15, 0.2) is 0 Å². The van der Waals surface area contributed by atoms with Gasteiger partial charge in [-0.3, -0.25) is 9.59 Å². The monoisotopic (exact) mass is 382 g/mol. The van der Waals surface area contributed by atoms with Crippen LogP contribution in [0.5, 0.6) is 0 Å². The van der Waals surface area contributed by atoms with Gasteiger partial charge in [-0.15, -0.1) is 0 Å². The van der Waals surface area contributed by atoms with Crippen molar-refractivity contribution in [1.29, 1.82) is 0 Å². The van der Waals surface area contributed by atoms with Crippen LogP contribution >= 0.6 is 0 Å². The van der Waals surface area contributed by atoms with Crippen LogP contribution in [0.3, 0.4) is 0 Å². The highest BCUT2D eigenvalue weighted by Crippen LogP contribution is 2.18. The highest BCUT2D eigenvalue weighted by molar-refractivity contribution is 7.91. The predicted octanol–water partition coefficient (Wildman–Crippen LogP) is 1.97. The minimum atomic E-state index is -4.69. The standard InChI is InChI=1S/C17H16F2N2O4S/c1-20-15(22)12-4-2-11(3-5-12)10-21-16(23)13-6-8-14(9-7-13)26(24,25)17(18)19/h2-9,17H,10H2,1H3,(H,20,22)(H,21,23). The Bertz CT molecular complexity index is 895. The number of benzene rings is 2. The van der Waals surface area contributed by atoms with Crippen molar-refractivity contribution in [1.82, 2.24) is 10.6 Å².